The number of ether oxygens (including phenoxy) is 4. The summed E-state index contributed by atoms with van der Waals surface area (Å²) in [5.74, 6) is 0.829. The van der Waals surface area contributed by atoms with Crippen LogP contribution < -0.4 is 4.74 Å². The van der Waals surface area contributed by atoms with Gasteiger partial charge in [-0.3, -0.25) is 0 Å². The molecule has 4 heteroatoms. The highest BCUT2D eigenvalue weighted by Crippen LogP contribution is 2.38. The molecule has 1 aromatic carbocycles. The molecule has 24 heavy (non-hydrogen) atoms. The number of hydrogen-bond donors (Lipinski definition) is 0. The van der Waals surface area contributed by atoms with Gasteiger partial charge in [-0.2, -0.15) is 0 Å². The predicted molar refractivity (Wildman–Crippen MR) is 95.1 cm³/mol. The van der Waals surface area contributed by atoms with Crippen molar-refractivity contribution in [3.63, 3.8) is 0 Å². The van der Waals surface area contributed by atoms with E-state index in [0.717, 1.165) is 24.4 Å². The minimum atomic E-state index is -0.799. The molecule has 0 aromatic heterocycles. The van der Waals surface area contributed by atoms with Crippen LogP contribution in [0.15, 0.2) is 47.2 Å². The zero-order valence-corrected chi connectivity index (χ0v) is 15.3. The van der Waals surface area contributed by atoms with Crippen molar-refractivity contribution in [2.45, 2.75) is 38.9 Å². The van der Waals surface area contributed by atoms with Crippen molar-refractivity contribution in [2.75, 3.05) is 27.9 Å². The summed E-state index contributed by atoms with van der Waals surface area (Å²) in [6, 6.07) is 8.20. The highest BCUT2D eigenvalue weighted by Gasteiger charge is 2.40. The maximum absolute atomic E-state index is 5.87. The summed E-state index contributed by atoms with van der Waals surface area (Å²) >= 11 is 0. The first-order valence-electron chi connectivity index (χ1n) is 8.35. The molecule has 1 atom stereocenters. The molecule has 0 aliphatic heterocycles. The molecule has 0 saturated carbocycles. The highest BCUT2D eigenvalue weighted by molar-refractivity contribution is 5.37. The molecule has 4 nitrogen and oxygen atoms in total. The molecule has 1 aliphatic rings. The first kappa shape index (κ1) is 18.6. The van der Waals surface area contributed by atoms with Crippen LogP contribution in [0.5, 0.6) is 5.75 Å². The van der Waals surface area contributed by atoms with E-state index in [0.29, 0.717) is 13.0 Å². The number of hydrogen-bond acceptors (Lipinski definition) is 4. The van der Waals surface area contributed by atoms with Gasteiger partial charge in [0.25, 0.3) is 0 Å². The topological polar surface area (TPSA) is 36.9 Å². The molecule has 0 bridgehead atoms. The van der Waals surface area contributed by atoms with Crippen molar-refractivity contribution in [2.24, 2.45) is 0 Å². The average molecular weight is 332 g/mol. The Morgan fingerprint density at radius 3 is 2.50 bits per heavy atom. The van der Waals surface area contributed by atoms with Gasteiger partial charge in [-0.1, -0.05) is 17.7 Å². The summed E-state index contributed by atoms with van der Waals surface area (Å²) in [6.45, 7) is 4.67. The fraction of sp³-hybridized carbons (Fsp3) is 0.500. The molecule has 0 heterocycles. The number of allylic oxidation sites excluding steroid dienone is 2. The van der Waals surface area contributed by atoms with Gasteiger partial charge in [-0.05, 0) is 56.0 Å². The van der Waals surface area contributed by atoms with Gasteiger partial charge in [-0.25, -0.2) is 0 Å². The lowest BCUT2D eigenvalue weighted by Crippen LogP contribution is -2.40. The van der Waals surface area contributed by atoms with E-state index in [2.05, 4.69) is 25.1 Å². The van der Waals surface area contributed by atoms with Crippen LogP contribution in [0.2, 0.25) is 0 Å². The Kier molecular flexibility index (Phi) is 6.46. The molecule has 1 unspecified atom stereocenters. The SMILES string of the molecule is CCOC1(OC)CC(C)=C(CCc2cccc(OC)c2)C=C1OC. The van der Waals surface area contributed by atoms with E-state index in [1.165, 1.54) is 16.7 Å². The van der Waals surface area contributed by atoms with E-state index in [4.69, 9.17) is 18.9 Å². The fourth-order valence-corrected chi connectivity index (χ4v) is 3.14. The minimum absolute atomic E-state index is 0.570. The molecule has 0 spiro atoms. The summed E-state index contributed by atoms with van der Waals surface area (Å²) < 4.78 is 22.4. The van der Waals surface area contributed by atoms with Gasteiger partial charge in [0.15, 0.2) is 5.76 Å². The number of benzene rings is 1. The van der Waals surface area contributed by atoms with E-state index < -0.39 is 5.79 Å². The Morgan fingerprint density at radius 2 is 1.88 bits per heavy atom. The third-order valence-electron chi connectivity index (χ3n) is 4.47. The second-order valence-electron chi connectivity index (χ2n) is 5.94. The van der Waals surface area contributed by atoms with Crippen LogP contribution in [-0.4, -0.2) is 33.7 Å². The Balaban J connectivity index is 2.15. The summed E-state index contributed by atoms with van der Waals surface area (Å²) in [6.07, 6.45) is 4.65. The fourth-order valence-electron chi connectivity index (χ4n) is 3.14. The van der Waals surface area contributed by atoms with Crippen LogP contribution >= 0.6 is 0 Å². The Morgan fingerprint density at radius 1 is 1.08 bits per heavy atom. The number of rotatable bonds is 8. The van der Waals surface area contributed by atoms with Crippen molar-refractivity contribution >= 4 is 0 Å². The zero-order chi connectivity index (χ0) is 17.6. The van der Waals surface area contributed by atoms with Crippen LogP contribution in [0, 0.1) is 0 Å². The van der Waals surface area contributed by atoms with Crippen molar-refractivity contribution in [1.82, 2.24) is 0 Å². The smallest absolute Gasteiger partial charge is 0.231 e. The van der Waals surface area contributed by atoms with Gasteiger partial charge in [0.1, 0.15) is 5.75 Å². The van der Waals surface area contributed by atoms with Crippen molar-refractivity contribution in [1.29, 1.82) is 0 Å². The van der Waals surface area contributed by atoms with Gasteiger partial charge in [0, 0.05) is 20.1 Å². The molecule has 0 N–H and O–H groups in total. The van der Waals surface area contributed by atoms with Gasteiger partial charge in [0.2, 0.25) is 5.79 Å². The number of methoxy groups -OCH3 is 3. The summed E-state index contributed by atoms with van der Waals surface area (Å²) in [5.41, 5.74) is 3.81. The molecule has 2 rings (SSSR count). The lowest BCUT2D eigenvalue weighted by Gasteiger charge is -2.36. The van der Waals surface area contributed by atoms with Crippen LogP contribution in [0.1, 0.15) is 32.3 Å². The maximum atomic E-state index is 5.87. The molecule has 132 valence electrons. The average Bonchev–Trinajstić information content (AvgIpc) is 2.61. The van der Waals surface area contributed by atoms with Crippen LogP contribution in [0.25, 0.3) is 0 Å². The molecule has 0 amide bonds. The Hall–Kier alpha value is -1.78. The third-order valence-corrected chi connectivity index (χ3v) is 4.47. The molecule has 1 aliphatic carbocycles. The van der Waals surface area contributed by atoms with Crippen LogP contribution in [-0.2, 0) is 20.6 Å². The standard InChI is InChI=1S/C20H28O4/c1-6-24-20(23-5)14-15(2)17(13-19(20)22-4)11-10-16-8-7-9-18(12-16)21-3/h7-9,12-13H,6,10-11,14H2,1-5H3. The Labute approximate surface area is 145 Å². The summed E-state index contributed by atoms with van der Waals surface area (Å²) in [5, 5.41) is 0. The largest absolute Gasteiger partial charge is 0.497 e. The lowest BCUT2D eigenvalue weighted by atomic mass is 9.89. The van der Waals surface area contributed by atoms with E-state index in [-0.39, 0.29) is 0 Å². The zero-order valence-electron chi connectivity index (χ0n) is 15.3. The first-order chi connectivity index (χ1) is 11.6. The van der Waals surface area contributed by atoms with Crippen LogP contribution in [0.3, 0.4) is 0 Å². The molecular formula is C20H28O4. The van der Waals surface area contributed by atoms with E-state index in [9.17, 15) is 0 Å². The summed E-state index contributed by atoms with van der Waals surface area (Å²) in [7, 11) is 5.02. The van der Waals surface area contributed by atoms with Crippen molar-refractivity contribution in [3.8, 4) is 5.75 Å². The highest BCUT2D eigenvalue weighted by atomic mass is 16.7. The molecule has 0 saturated heterocycles. The predicted octanol–water partition coefficient (Wildman–Crippen LogP) is 4.26. The van der Waals surface area contributed by atoms with Crippen LogP contribution in [0.4, 0.5) is 0 Å². The van der Waals surface area contributed by atoms with Crippen molar-refractivity contribution < 1.29 is 18.9 Å². The number of aryl methyl sites for hydroxylation is 1. The van der Waals surface area contributed by atoms with Gasteiger partial charge in [-0.15, -0.1) is 0 Å². The normalized spacial score (nSPS) is 20.8. The van der Waals surface area contributed by atoms with E-state index in [1.54, 1.807) is 21.3 Å². The molecule has 0 fully saturated rings. The monoisotopic (exact) mass is 332 g/mol. The quantitative estimate of drug-likeness (QED) is 0.667. The van der Waals surface area contributed by atoms with E-state index >= 15 is 0 Å². The molecular weight excluding hydrogens is 304 g/mol. The van der Waals surface area contributed by atoms with E-state index in [1.807, 2.05) is 19.1 Å². The first-order valence-corrected chi connectivity index (χ1v) is 8.35. The second kappa shape index (κ2) is 8.36. The second-order valence-corrected chi connectivity index (χ2v) is 5.94. The molecule has 0 radical (unpaired) electrons. The molecule has 1 aromatic rings. The lowest BCUT2D eigenvalue weighted by molar-refractivity contribution is -0.213. The van der Waals surface area contributed by atoms with Gasteiger partial charge in [0.05, 0.1) is 14.2 Å². The minimum Gasteiger partial charge on any atom is -0.497 e. The Bertz CT molecular complexity index is 618. The van der Waals surface area contributed by atoms with Gasteiger partial charge < -0.3 is 18.9 Å². The van der Waals surface area contributed by atoms with Crippen molar-refractivity contribution in [3.05, 3.63) is 52.8 Å². The maximum Gasteiger partial charge on any atom is 0.231 e. The third kappa shape index (κ3) is 4.00. The summed E-state index contributed by atoms with van der Waals surface area (Å²) in [4.78, 5) is 0. The van der Waals surface area contributed by atoms with Gasteiger partial charge >= 0.3 is 0 Å².